The molecular formula is C17H11Cl2NO. The van der Waals surface area contributed by atoms with Crippen LogP contribution in [-0.4, -0.2) is 10.8 Å². The standard InChI is InChI=1S/C17H11Cl2NO/c1-10(21)15-16(11-5-3-2-4-6-11)13-9-12(18)7-8-14(13)20-17(15)19/h2-9H,1H3. The zero-order chi connectivity index (χ0) is 15.0. The molecule has 3 rings (SSSR count). The lowest BCUT2D eigenvalue weighted by atomic mass is 9.95. The van der Waals surface area contributed by atoms with Crippen LogP contribution in [-0.2, 0) is 0 Å². The van der Waals surface area contributed by atoms with E-state index in [1.54, 1.807) is 12.1 Å². The number of ketones is 1. The fourth-order valence-electron chi connectivity index (χ4n) is 2.43. The first-order valence-electron chi connectivity index (χ1n) is 6.43. The van der Waals surface area contributed by atoms with Gasteiger partial charge in [0.2, 0.25) is 0 Å². The van der Waals surface area contributed by atoms with Gasteiger partial charge in [-0.2, -0.15) is 0 Å². The van der Waals surface area contributed by atoms with Gasteiger partial charge >= 0.3 is 0 Å². The molecule has 0 saturated heterocycles. The molecule has 0 N–H and O–H groups in total. The Balaban J connectivity index is 2.50. The zero-order valence-corrected chi connectivity index (χ0v) is 12.7. The Bertz CT molecular complexity index is 844. The van der Waals surface area contributed by atoms with Crippen LogP contribution in [0.4, 0.5) is 0 Å². The summed E-state index contributed by atoms with van der Waals surface area (Å²) >= 11 is 12.3. The van der Waals surface area contributed by atoms with Gasteiger partial charge in [0.25, 0.3) is 0 Å². The average Bonchev–Trinajstić information content (AvgIpc) is 2.47. The summed E-state index contributed by atoms with van der Waals surface area (Å²) < 4.78 is 0. The highest BCUT2D eigenvalue weighted by molar-refractivity contribution is 6.35. The molecule has 0 radical (unpaired) electrons. The number of rotatable bonds is 2. The van der Waals surface area contributed by atoms with Crippen molar-refractivity contribution in [3.63, 3.8) is 0 Å². The quantitative estimate of drug-likeness (QED) is 0.467. The minimum atomic E-state index is -0.117. The van der Waals surface area contributed by atoms with Gasteiger partial charge in [0, 0.05) is 16.0 Å². The summed E-state index contributed by atoms with van der Waals surface area (Å²) in [6.45, 7) is 1.49. The highest BCUT2D eigenvalue weighted by atomic mass is 35.5. The van der Waals surface area contributed by atoms with E-state index < -0.39 is 0 Å². The first kappa shape index (κ1) is 14.1. The van der Waals surface area contributed by atoms with Crippen molar-refractivity contribution < 1.29 is 4.79 Å². The molecule has 0 unspecified atom stereocenters. The van der Waals surface area contributed by atoms with Crippen LogP contribution in [0.25, 0.3) is 22.0 Å². The highest BCUT2D eigenvalue weighted by Gasteiger charge is 2.18. The summed E-state index contributed by atoms with van der Waals surface area (Å²) in [5.41, 5.74) is 2.84. The number of Topliss-reactive ketones (excluding diaryl/α,β-unsaturated/α-hetero) is 1. The van der Waals surface area contributed by atoms with Crippen molar-refractivity contribution in [2.45, 2.75) is 6.92 Å². The Morgan fingerprint density at radius 1 is 1.05 bits per heavy atom. The fourth-order valence-corrected chi connectivity index (χ4v) is 2.92. The van der Waals surface area contributed by atoms with Crippen molar-refractivity contribution in [2.24, 2.45) is 0 Å². The molecule has 0 amide bonds. The lowest BCUT2D eigenvalue weighted by Gasteiger charge is -2.13. The molecule has 0 spiro atoms. The van der Waals surface area contributed by atoms with Crippen molar-refractivity contribution >= 4 is 39.9 Å². The number of hydrogen-bond acceptors (Lipinski definition) is 2. The molecular weight excluding hydrogens is 305 g/mol. The van der Waals surface area contributed by atoms with Gasteiger partial charge < -0.3 is 0 Å². The molecule has 104 valence electrons. The molecule has 21 heavy (non-hydrogen) atoms. The largest absolute Gasteiger partial charge is 0.294 e. The van der Waals surface area contributed by atoms with Crippen LogP contribution >= 0.6 is 23.2 Å². The number of carbonyl (C=O) groups is 1. The molecule has 3 aromatic rings. The summed E-state index contributed by atoms with van der Waals surface area (Å²) in [4.78, 5) is 16.3. The third-order valence-electron chi connectivity index (χ3n) is 3.32. The smallest absolute Gasteiger partial charge is 0.163 e. The highest BCUT2D eigenvalue weighted by Crippen LogP contribution is 2.36. The minimum absolute atomic E-state index is 0.117. The SMILES string of the molecule is CC(=O)c1c(Cl)nc2ccc(Cl)cc2c1-c1ccccc1. The van der Waals surface area contributed by atoms with Crippen molar-refractivity contribution in [1.82, 2.24) is 4.98 Å². The van der Waals surface area contributed by atoms with Gasteiger partial charge in [-0.25, -0.2) is 4.98 Å². The van der Waals surface area contributed by atoms with Crippen LogP contribution in [0, 0.1) is 0 Å². The topological polar surface area (TPSA) is 30.0 Å². The van der Waals surface area contributed by atoms with Crippen molar-refractivity contribution in [1.29, 1.82) is 0 Å². The summed E-state index contributed by atoms with van der Waals surface area (Å²) in [5.74, 6) is -0.117. The normalized spacial score (nSPS) is 10.8. The molecule has 0 fully saturated rings. The third-order valence-corrected chi connectivity index (χ3v) is 3.83. The van der Waals surface area contributed by atoms with Crippen LogP contribution in [0.5, 0.6) is 0 Å². The lowest BCUT2D eigenvalue weighted by molar-refractivity contribution is 0.101. The molecule has 4 heteroatoms. The van der Waals surface area contributed by atoms with Crippen molar-refractivity contribution in [3.8, 4) is 11.1 Å². The predicted octanol–water partition coefficient (Wildman–Crippen LogP) is 5.41. The fraction of sp³-hybridized carbons (Fsp3) is 0.0588. The van der Waals surface area contributed by atoms with Crippen LogP contribution in [0.3, 0.4) is 0 Å². The van der Waals surface area contributed by atoms with E-state index in [9.17, 15) is 4.79 Å². The van der Waals surface area contributed by atoms with Crippen molar-refractivity contribution in [2.75, 3.05) is 0 Å². The number of fused-ring (bicyclic) bond motifs is 1. The number of nitrogens with zero attached hydrogens (tertiary/aromatic N) is 1. The van der Waals surface area contributed by atoms with Gasteiger partial charge in [-0.1, -0.05) is 53.5 Å². The monoisotopic (exact) mass is 315 g/mol. The van der Waals surface area contributed by atoms with E-state index in [0.29, 0.717) is 16.1 Å². The van der Waals surface area contributed by atoms with Crippen LogP contribution in [0.2, 0.25) is 10.2 Å². The van der Waals surface area contributed by atoms with Crippen LogP contribution in [0.15, 0.2) is 48.5 Å². The number of benzene rings is 2. The molecule has 0 atom stereocenters. The van der Waals surface area contributed by atoms with E-state index >= 15 is 0 Å². The number of aromatic nitrogens is 1. The second-order valence-electron chi connectivity index (χ2n) is 4.74. The molecule has 2 nitrogen and oxygen atoms in total. The number of halogens is 2. The van der Waals surface area contributed by atoms with E-state index in [0.717, 1.165) is 16.5 Å². The first-order valence-corrected chi connectivity index (χ1v) is 7.18. The van der Waals surface area contributed by atoms with Gasteiger partial charge in [0.05, 0.1) is 11.1 Å². The number of carbonyl (C=O) groups excluding carboxylic acids is 1. The van der Waals surface area contributed by atoms with E-state index in [2.05, 4.69) is 4.98 Å². The maximum Gasteiger partial charge on any atom is 0.163 e. The summed E-state index contributed by atoms with van der Waals surface area (Å²) in [7, 11) is 0. The van der Waals surface area contributed by atoms with Crippen LogP contribution < -0.4 is 0 Å². The van der Waals surface area contributed by atoms with Gasteiger partial charge in [0.15, 0.2) is 5.78 Å². The molecule has 0 bridgehead atoms. The third kappa shape index (κ3) is 2.53. The number of hydrogen-bond donors (Lipinski definition) is 0. The summed E-state index contributed by atoms with van der Waals surface area (Å²) in [6.07, 6.45) is 0. The summed E-state index contributed by atoms with van der Waals surface area (Å²) in [5, 5.41) is 1.64. The zero-order valence-electron chi connectivity index (χ0n) is 11.2. The second-order valence-corrected chi connectivity index (χ2v) is 5.53. The molecule has 0 aliphatic carbocycles. The van der Waals surface area contributed by atoms with E-state index in [1.807, 2.05) is 36.4 Å². The molecule has 2 aromatic carbocycles. The molecule has 0 saturated carbocycles. The Kier molecular flexibility index (Phi) is 3.66. The molecule has 0 aliphatic rings. The average molecular weight is 316 g/mol. The van der Waals surface area contributed by atoms with E-state index in [1.165, 1.54) is 6.92 Å². The second kappa shape index (κ2) is 5.47. The van der Waals surface area contributed by atoms with Gasteiger partial charge in [-0.05, 0) is 30.7 Å². The first-order chi connectivity index (χ1) is 10.1. The van der Waals surface area contributed by atoms with Gasteiger partial charge in [-0.3, -0.25) is 4.79 Å². The van der Waals surface area contributed by atoms with Crippen molar-refractivity contribution in [3.05, 3.63) is 64.3 Å². The van der Waals surface area contributed by atoms with Gasteiger partial charge in [0.1, 0.15) is 5.15 Å². The summed E-state index contributed by atoms with van der Waals surface area (Å²) in [6, 6.07) is 15.0. The Labute approximate surface area is 132 Å². The van der Waals surface area contributed by atoms with Crippen LogP contribution in [0.1, 0.15) is 17.3 Å². The number of pyridine rings is 1. The van der Waals surface area contributed by atoms with E-state index in [-0.39, 0.29) is 10.9 Å². The maximum atomic E-state index is 12.0. The van der Waals surface area contributed by atoms with Gasteiger partial charge in [-0.15, -0.1) is 0 Å². The van der Waals surface area contributed by atoms with E-state index in [4.69, 9.17) is 23.2 Å². The molecule has 1 aromatic heterocycles. The predicted molar refractivity (Wildman–Crippen MR) is 87.2 cm³/mol. The molecule has 1 heterocycles. The Hall–Kier alpha value is -1.90. The lowest BCUT2D eigenvalue weighted by Crippen LogP contribution is -2.01. The molecule has 0 aliphatic heterocycles. The minimum Gasteiger partial charge on any atom is -0.294 e. The maximum absolute atomic E-state index is 12.0. The Morgan fingerprint density at radius 2 is 1.76 bits per heavy atom. The Morgan fingerprint density at radius 3 is 2.43 bits per heavy atom.